The van der Waals surface area contributed by atoms with Crippen LogP contribution in [0.4, 0.5) is 10.5 Å². The zero-order chi connectivity index (χ0) is 13.8. The molecule has 18 heavy (non-hydrogen) atoms. The van der Waals surface area contributed by atoms with E-state index in [0.717, 1.165) is 0 Å². The number of ether oxygens (including phenoxy) is 1. The fourth-order valence-electron chi connectivity index (χ4n) is 1.19. The van der Waals surface area contributed by atoms with E-state index in [4.69, 9.17) is 15.9 Å². The maximum absolute atomic E-state index is 11.7. The Morgan fingerprint density at radius 1 is 1.33 bits per heavy atom. The van der Waals surface area contributed by atoms with Crippen LogP contribution < -0.4 is 21.1 Å². The van der Waals surface area contributed by atoms with E-state index in [1.165, 1.54) is 0 Å². The molecule has 1 rings (SSSR count). The van der Waals surface area contributed by atoms with Gasteiger partial charge in [0.15, 0.2) is 0 Å². The van der Waals surface area contributed by atoms with Gasteiger partial charge in [0.05, 0.1) is 12.6 Å². The van der Waals surface area contributed by atoms with Crippen molar-refractivity contribution < 1.29 is 9.53 Å². The maximum atomic E-state index is 11.7. The Balaban J connectivity index is 2.62. The summed E-state index contributed by atoms with van der Waals surface area (Å²) in [5, 5.41) is 12.6. The van der Waals surface area contributed by atoms with Crippen molar-refractivity contribution in [1.82, 2.24) is 5.32 Å². The molecule has 0 saturated carbocycles. The summed E-state index contributed by atoms with van der Waals surface area (Å²) in [6.45, 7) is 3.31. The fourth-order valence-corrected chi connectivity index (χ4v) is 1.19. The van der Waals surface area contributed by atoms with Crippen LogP contribution in [0.1, 0.15) is 13.8 Å². The Bertz CT molecular complexity index is 440. The third-order valence-corrected chi connectivity index (χ3v) is 2.45. The fraction of sp³-hybridized carbons (Fsp3) is 0.333. The monoisotopic (exact) mass is 250 g/mol. The lowest BCUT2D eigenvalue weighted by molar-refractivity contribution is 0.247. The lowest BCUT2D eigenvalue weighted by Crippen LogP contribution is -2.53. The smallest absolute Gasteiger partial charge is 0.320 e. The molecule has 98 valence electrons. The van der Waals surface area contributed by atoms with Crippen LogP contribution in [0.25, 0.3) is 0 Å². The molecule has 0 radical (unpaired) electrons. The number of rotatable bonds is 4. The van der Waals surface area contributed by atoms with E-state index in [1.54, 1.807) is 45.2 Å². The zero-order valence-electron chi connectivity index (χ0n) is 10.7. The van der Waals surface area contributed by atoms with Crippen LogP contribution in [0, 0.1) is 5.41 Å². The Morgan fingerprint density at radius 3 is 2.33 bits per heavy atom. The number of amides is 2. The summed E-state index contributed by atoms with van der Waals surface area (Å²) in [5.74, 6) is 0.609. The molecular formula is C12H18N4O2. The van der Waals surface area contributed by atoms with Crippen LogP contribution in [0.2, 0.25) is 0 Å². The first-order valence-corrected chi connectivity index (χ1v) is 5.43. The third kappa shape index (κ3) is 3.65. The van der Waals surface area contributed by atoms with Gasteiger partial charge in [0, 0.05) is 5.69 Å². The van der Waals surface area contributed by atoms with Crippen molar-refractivity contribution in [3.8, 4) is 5.75 Å². The van der Waals surface area contributed by atoms with Crippen molar-refractivity contribution in [3.05, 3.63) is 24.3 Å². The summed E-state index contributed by atoms with van der Waals surface area (Å²) in [6.07, 6.45) is 0. The molecule has 2 amide bonds. The van der Waals surface area contributed by atoms with E-state index < -0.39 is 11.6 Å². The summed E-state index contributed by atoms with van der Waals surface area (Å²) < 4.78 is 5.01. The highest BCUT2D eigenvalue weighted by molar-refractivity contribution is 5.95. The summed E-state index contributed by atoms with van der Waals surface area (Å²) in [5.41, 5.74) is 5.13. The number of hydrogen-bond acceptors (Lipinski definition) is 3. The second-order valence-corrected chi connectivity index (χ2v) is 4.35. The van der Waals surface area contributed by atoms with Crippen molar-refractivity contribution in [2.75, 3.05) is 12.4 Å². The number of amidine groups is 1. The standard InChI is InChI=1S/C12H18N4O2/c1-12(2,10(13)14)16-11(17)15-8-4-6-9(18-3)7-5-8/h4-7H,1-3H3,(H3,13,14)(H2,15,16,17). The van der Waals surface area contributed by atoms with E-state index in [0.29, 0.717) is 11.4 Å². The first-order valence-electron chi connectivity index (χ1n) is 5.43. The minimum absolute atomic E-state index is 0.104. The minimum atomic E-state index is -0.878. The first kappa shape index (κ1) is 13.8. The van der Waals surface area contributed by atoms with Gasteiger partial charge in [0.2, 0.25) is 0 Å². The van der Waals surface area contributed by atoms with Gasteiger partial charge >= 0.3 is 6.03 Å². The Labute approximate surface area is 106 Å². The van der Waals surface area contributed by atoms with E-state index in [1.807, 2.05) is 0 Å². The van der Waals surface area contributed by atoms with Gasteiger partial charge in [-0.15, -0.1) is 0 Å². The van der Waals surface area contributed by atoms with Crippen molar-refractivity contribution in [2.24, 2.45) is 5.73 Å². The highest BCUT2D eigenvalue weighted by Gasteiger charge is 2.23. The van der Waals surface area contributed by atoms with E-state index in [9.17, 15) is 4.79 Å². The Hall–Kier alpha value is -2.24. The van der Waals surface area contributed by atoms with Crippen LogP contribution >= 0.6 is 0 Å². The van der Waals surface area contributed by atoms with Crippen LogP contribution in [0.5, 0.6) is 5.75 Å². The van der Waals surface area contributed by atoms with Crippen LogP contribution in [-0.2, 0) is 0 Å². The number of nitrogens with two attached hydrogens (primary N) is 1. The quantitative estimate of drug-likeness (QED) is 0.481. The molecule has 1 aromatic rings. The van der Waals surface area contributed by atoms with Gasteiger partial charge < -0.3 is 21.1 Å². The van der Waals surface area contributed by atoms with Gasteiger partial charge in [0.25, 0.3) is 0 Å². The molecule has 0 saturated heterocycles. The average Bonchev–Trinajstić information content (AvgIpc) is 2.29. The molecule has 0 bridgehead atoms. The van der Waals surface area contributed by atoms with Crippen LogP contribution in [0.3, 0.4) is 0 Å². The molecule has 0 fully saturated rings. The van der Waals surface area contributed by atoms with E-state index in [2.05, 4.69) is 10.6 Å². The van der Waals surface area contributed by atoms with Gasteiger partial charge in [-0.05, 0) is 38.1 Å². The van der Waals surface area contributed by atoms with E-state index in [-0.39, 0.29) is 5.84 Å². The lowest BCUT2D eigenvalue weighted by atomic mass is 10.1. The molecule has 0 unspecified atom stereocenters. The van der Waals surface area contributed by atoms with Gasteiger partial charge in [-0.1, -0.05) is 0 Å². The average molecular weight is 250 g/mol. The van der Waals surface area contributed by atoms with Crippen LogP contribution in [-0.4, -0.2) is 24.5 Å². The first-order chi connectivity index (χ1) is 8.35. The number of nitrogens with one attached hydrogen (secondary N) is 3. The molecule has 0 atom stereocenters. The highest BCUT2D eigenvalue weighted by atomic mass is 16.5. The molecule has 0 heterocycles. The number of carbonyl (C=O) groups is 1. The highest BCUT2D eigenvalue weighted by Crippen LogP contribution is 2.15. The predicted octanol–water partition coefficient (Wildman–Crippen LogP) is 1.53. The van der Waals surface area contributed by atoms with Crippen LogP contribution in [0.15, 0.2) is 24.3 Å². The van der Waals surface area contributed by atoms with Gasteiger partial charge in [-0.25, -0.2) is 4.79 Å². The predicted molar refractivity (Wildman–Crippen MR) is 71.1 cm³/mol. The number of methoxy groups -OCH3 is 1. The van der Waals surface area contributed by atoms with Crippen molar-refractivity contribution in [2.45, 2.75) is 19.4 Å². The molecule has 1 aromatic carbocycles. The van der Waals surface area contributed by atoms with Crippen molar-refractivity contribution >= 4 is 17.6 Å². The minimum Gasteiger partial charge on any atom is -0.497 e. The molecule has 0 aromatic heterocycles. The third-order valence-electron chi connectivity index (χ3n) is 2.45. The largest absolute Gasteiger partial charge is 0.497 e. The molecule has 0 aliphatic heterocycles. The zero-order valence-corrected chi connectivity index (χ0v) is 10.7. The molecule has 6 nitrogen and oxygen atoms in total. The summed E-state index contributed by atoms with van der Waals surface area (Å²) in [4.78, 5) is 11.7. The molecule has 0 spiro atoms. The summed E-state index contributed by atoms with van der Waals surface area (Å²) in [6, 6.07) is 6.51. The van der Waals surface area contributed by atoms with Crippen molar-refractivity contribution in [3.63, 3.8) is 0 Å². The number of benzene rings is 1. The molecule has 5 N–H and O–H groups in total. The second-order valence-electron chi connectivity index (χ2n) is 4.35. The number of anilines is 1. The van der Waals surface area contributed by atoms with Gasteiger partial charge in [-0.2, -0.15) is 0 Å². The summed E-state index contributed by atoms with van der Waals surface area (Å²) >= 11 is 0. The van der Waals surface area contributed by atoms with Gasteiger partial charge in [0.1, 0.15) is 11.6 Å². The Kier molecular flexibility index (Phi) is 4.14. The normalized spacial score (nSPS) is 10.6. The lowest BCUT2D eigenvalue weighted by Gasteiger charge is -2.24. The Morgan fingerprint density at radius 2 is 1.89 bits per heavy atom. The number of hydrogen-bond donors (Lipinski definition) is 4. The second kappa shape index (κ2) is 5.39. The van der Waals surface area contributed by atoms with E-state index >= 15 is 0 Å². The van der Waals surface area contributed by atoms with Crippen molar-refractivity contribution in [1.29, 1.82) is 5.41 Å². The number of carbonyl (C=O) groups excluding carboxylic acids is 1. The SMILES string of the molecule is COc1ccc(NC(=O)NC(C)(C)C(=N)N)cc1. The molecular weight excluding hydrogens is 232 g/mol. The molecule has 0 aliphatic rings. The summed E-state index contributed by atoms with van der Waals surface area (Å²) in [7, 11) is 1.57. The topological polar surface area (TPSA) is 100 Å². The van der Waals surface area contributed by atoms with Gasteiger partial charge in [-0.3, -0.25) is 5.41 Å². The maximum Gasteiger partial charge on any atom is 0.320 e. The molecule has 6 heteroatoms. The number of urea groups is 1. The molecule has 0 aliphatic carbocycles.